The summed E-state index contributed by atoms with van der Waals surface area (Å²) in [6, 6.07) is 17.6. The zero-order valence-corrected chi connectivity index (χ0v) is 23.6. The number of hydrogen-bond donors (Lipinski definition) is 3. The monoisotopic (exact) mass is 607 g/mol. The minimum Gasteiger partial charge on any atom is -0.324 e. The second-order valence-corrected chi connectivity index (χ2v) is 12.2. The first-order valence-corrected chi connectivity index (χ1v) is 15.0. The first kappa shape index (κ1) is 29.9. The van der Waals surface area contributed by atoms with Gasteiger partial charge in [-0.1, -0.05) is 30.4 Å². The van der Waals surface area contributed by atoms with E-state index >= 15 is 0 Å². The van der Waals surface area contributed by atoms with E-state index in [1.165, 1.54) is 12.1 Å². The maximum Gasteiger partial charge on any atom is 0.416 e. The van der Waals surface area contributed by atoms with Gasteiger partial charge >= 0.3 is 6.18 Å². The SMILES string of the molecule is O=C(Nc1ccc(/C=C/c2cnc(Nc3ccc(S(=O)(=O)C4CCNCC4)cc3)nc2)cc1)c1cccc(C(F)(F)F)c1. The lowest BCUT2D eigenvalue weighted by atomic mass is 10.1. The maximum atomic E-state index is 12.9. The maximum absolute atomic E-state index is 12.9. The number of sulfone groups is 1. The number of nitrogens with zero attached hydrogens (tertiary/aromatic N) is 2. The molecule has 0 bridgehead atoms. The Morgan fingerprint density at radius 1 is 0.860 bits per heavy atom. The fourth-order valence-corrected chi connectivity index (χ4v) is 6.31. The van der Waals surface area contributed by atoms with Gasteiger partial charge in [-0.25, -0.2) is 18.4 Å². The molecule has 0 spiro atoms. The lowest BCUT2D eigenvalue weighted by Crippen LogP contribution is -2.35. The molecule has 0 aliphatic carbocycles. The van der Waals surface area contributed by atoms with Gasteiger partial charge in [0.25, 0.3) is 5.91 Å². The molecule has 0 radical (unpaired) electrons. The number of nitrogens with one attached hydrogen (secondary N) is 3. The smallest absolute Gasteiger partial charge is 0.324 e. The normalized spacial score (nSPS) is 14.5. The van der Waals surface area contributed by atoms with Crippen LogP contribution >= 0.6 is 0 Å². The number of anilines is 3. The molecule has 43 heavy (non-hydrogen) atoms. The van der Waals surface area contributed by atoms with Gasteiger partial charge in [-0.2, -0.15) is 13.2 Å². The van der Waals surface area contributed by atoms with Gasteiger partial charge in [-0.05, 0) is 86.1 Å². The quantitative estimate of drug-likeness (QED) is 0.219. The van der Waals surface area contributed by atoms with E-state index in [1.807, 2.05) is 6.08 Å². The summed E-state index contributed by atoms with van der Waals surface area (Å²) < 4.78 is 64.6. The van der Waals surface area contributed by atoms with Crippen molar-refractivity contribution in [2.24, 2.45) is 0 Å². The van der Waals surface area contributed by atoms with Gasteiger partial charge in [0.1, 0.15) is 0 Å². The van der Waals surface area contributed by atoms with E-state index in [2.05, 4.69) is 25.9 Å². The summed E-state index contributed by atoms with van der Waals surface area (Å²) >= 11 is 0. The number of carbonyl (C=O) groups excluding carboxylic acids is 1. The molecule has 0 atom stereocenters. The van der Waals surface area contributed by atoms with Gasteiger partial charge in [-0.3, -0.25) is 4.79 Å². The summed E-state index contributed by atoms with van der Waals surface area (Å²) in [6.45, 7) is 1.40. The summed E-state index contributed by atoms with van der Waals surface area (Å²) in [5.74, 6) is -0.287. The number of hydrogen-bond acceptors (Lipinski definition) is 7. The average Bonchev–Trinajstić information content (AvgIpc) is 3.02. The number of aromatic nitrogens is 2. The molecule has 12 heteroatoms. The zero-order valence-electron chi connectivity index (χ0n) is 22.8. The summed E-state index contributed by atoms with van der Waals surface area (Å²) in [6.07, 6.45) is 3.57. The molecule has 1 aromatic heterocycles. The molecule has 0 saturated carbocycles. The fourth-order valence-electron chi connectivity index (χ4n) is 4.55. The van der Waals surface area contributed by atoms with Crippen molar-refractivity contribution < 1.29 is 26.4 Å². The summed E-state index contributed by atoms with van der Waals surface area (Å²) in [5, 5.41) is 8.48. The molecule has 1 amide bonds. The van der Waals surface area contributed by atoms with Crippen LogP contribution < -0.4 is 16.0 Å². The largest absolute Gasteiger partial charge is 0.416 e. The molecule has 3 N–H and O–H groups in total. The standard InChI is InChI=1S/C31H28F3N5O3S/c32-31(33,34)24-3-1-2-23(18-24)29(40)38-25-8-6-21(7-9-25)4-5-22-19-36-30(37-20-22)39-26-10-12-27(13-11-26)43(41,42)28-14-16-35-17-15-28/h1-13,18-20,28,35H,14-17H2,(H,38,40)(H,36,37,39)/b5-4+. The van der Waals surface area contributed by atoms with E-state index < -0.39 is 27.5 Å². The van der Waals surface area contributed by atoms with E-state index in [0.717, 1.165) is 23.3 Å². The third kappa shape index (κ3) is 7.65. The van der Waals surface area contributed by atoms with Gasteiger partial charge in [-0.15, -0.1) is 0 Å². The van der Waals surface area contributed by atoms with Crippen molar-refractivity contribution in [3.63, 3.8) is 0 Å². The Morgan fingerprint density at radius 2 is 1.49 bits per heavy atom. The lowest BCUT2D eigenvalue weighted by Gasteiger charge is -2.22. The van der Waals surface area contributed by atoms with Gasteiger partial charge < -0.3 is 16.0 Å². The van der Waals surface area contributed by atoms with Crippen molar-refractivity contribution in [2.75, 3.05) is 23.7 Å². The second-order valence-electron chi connectivity index (χ2n) is 9.97. The van der Waals surface area contributed by atoms with Crippen LogP contribution in [0.15, 0.2) is 90.1 Å². The molecule has 1 aliphatic heterocycles. The number of alkyl halides is 3. The number of carbonyl (C=O) groups is 1. The molecule has 4 aromatic rings. The summed E-state index contributed by atoms with van der Waals surface area (Å²) in [4.78, 5) is 21.3. The van der Waals surface area contributed by atoms with E-state index in [-0.39, 0.29) is 10.8 Å². The Bertz CT molecular complexity index is 1700. The Morgan fingerprint density at radius 3 is 2.14 bits per heavy atom. The van der Waals surface area contributed by atoms with Crippen LogP contribution in [0.2, 0.25) is 0 Å². The van der Waals surface area contributed by atoms with Gasteiger partial charge in [0.15, 0.2) is 9.84 Å². The number of benzene rings is 3. The molecule has 0 unspecified atom stereocenters. The number of rotatable bonds is 8. The predicted octanol–water partition coefficient (Wildman–Crippen LogP) is 6.19. The Labute approximate surface area is 247 Å². The molecule has 5 rings (SSSR count). The van der Waals surface area contributed by atoms with Crippen LogP contribution in [0.5, 0.6) is 0 Å². The molecule has 2 heterocycles. The summed E-state index contributed by atoms with van der Waals surface area (Å²) in [7, 11) is -3.37. The first-order chi connectivity index (χ1) is 20.6. The first-order valence-electron chi connectivity index (χ1n) is 13.5. The Hall–Kier alpha value is -4.55. The second kappa shape index (κ2) is 12.8. The van der Waals surface area contributed by atoms with Crippen molar-refractivity contribution >= 4 is 45.2 Å². The van der Waals surface area contributed by atoms with Crippen LogP contribution in [0.25, 0.3) is 12.2 Å². The average molecular weight is 608 g/mol. The van der Waals surface area contributed by atoms with E-state index in [9.17, 15) is 26.4 Å². The van der Waals surface area contributed by atoms with Gasteiger partial charge in [0.2, 0.25) is 5.95 Å². The molecule has 1 fully saturated rings. The topological polar surface area (TPSA) is 113 Å². The number of halogens is 3. The van der Waals surface area contributed by atoms with Crippen molar-refractivity contribution in [3.8, 4) is 0 Å². The van der Waals surface area contributed by atoms with Crippen molar-refractivity contribution in [1.82, 2.24) is 15.3 Å². The van der Waals surface area contributed by atoms with Gasteiger partial charge in [0, 0.05) is 34.9 Å². The highest BCUT2D eigenvalue weighted by atomic mass is 32.2. The van der Waals surface area contributed by atoms with Crippen molar-refractivity contribution in [3.05, 3.63) is 107 Å². The van der Waals surface area contributed by atoms with E-state index in [4.69, 9.17) is 0 Å². The van der Waals surface area contributed by atoms with Crippen LogP contribution in [0.3, 0.4) is 0 Å². The predicted molar refractivity (Wildman–Crippen MR) is 160 cm³/mol. The van der Waals surface area contributed by atoms with E-state index in [1.54, 1.807) is 67.0 Å². The van der Waals surface area contributed by atoms with E-state index in [0.29, 0.717) is 48.1 Å². The number of amides is 1. The molecular weight excluding hydrogens is 579 g/mol. The van der Waals surface area contributed by atoms with Crippen molar-refractivity contribution in [1.29, 1.82) is 0 Å². The van der Waals surface area contributed by atoms with Crippen molar-refractivity contribution in [2.45, 2.75) is 29.2 Å². The van der Waals surface area contributed by atoms with Gasteiger partial charge in [0.05, 0.1) is 15.7 Å². The molecule has 1 aliphatic rings. The van der Waals surface area contributed by atoms with Crippen LogP contribution in [0.1, 0.15) is 39.9 Å². The molecular formula is C31H28F3N5O3S. The summed E-state index contributed by atoms with van der Waals surface area (Å²) in [5.41, 5.74) is 1.68. The Balaban J connectivity index is 1.15. The van der Waals surface area contributed by atoms with Crippen LogP contribution in [-0.4, -0.2) is 42.6 Å². The molecule has 222 valence electrons. The third-order valence-corrected chi connectivity index (χ3v) is 9.20. The van der Waals surface area contributed by atoms with Crippen LogP contribution in [0.4, 0.5) is 30.5 Å². The third-order valence-electron chi connectivity index (χ3n) is 6.92. The molecule has 1 saturated heterocycles. The number of piperidine rings is 1. The van der Waals surface area contributed by atoms with Crippen LogP contribution in [0, 0.1) is 0 Å². The Kier molecular flexibility index (Phi) is 8.88. The highest BCUT2D eigenvalue weighted by Gasteiger charge is 2.31. The lowest BCUT2D eigenvalue weighted by molar-refractivity contribution is -0.137. The minimum atomic E-state index is -4.53. The fraction of sp³-hybridized carbons (Fsp3) is 0.194. The minimum absolute atomic E-state index is 0.0886. The highest BCUT2D eigenvalue weighted by molar-refractivity contribution is 7.92. The molecule has 8 nitrogen and oxygen atoms in total. The highest BCUT2D eigenvalue weighted by Crippen LogP contribution is 2.30. The van der Waals surface area contributed by atoms with Crippen LogP contribution in [-0.2, 0) is 16.0 Å². The molecule has 3 aromatic carbocycles. The zero-order chi connectivity index (χ0) is 30.5.